The van der Waals surface area contributed by atoms with Crippen LogP contribution in [0.3, 0.4) is 0 Å². The van der Waals surface area contributed by atoms with Gasteiger partial charge in [0, 0.05) is 24.9 Å². The molecule has 41 heavy (non-hydrogen) atoms. The van der Waals surface area contributed by atoms with E-state index >= 15 is 0 Å². The molecular formula is C37H44O3Si. The number of aliphatic hydroxyl groups is 1. The molecule has 1 N–H and O–H groups in total. The van der Waals surface area contributed by atoms with Gasteiger partial charge in [-0.1, -0.05) is 97.9 Å². The molecule has 3 nitrogen and oxygen atoms in total. The summed E-state index contributed by atoms with van der Waals surface area (Å²) in [7, 11) is -2.79. The van der Waals surface area contributed by atoms with Crippen molar-refractivity contribution in [3.05, 3.63) is 91.0 Å². The van der Waals surface area contributed by atoms with Crippen molar-refractivity contribution in [1.29, 1.82) is 0 Å². The minimum Gasteiger partial charge on any atom is -0.401 e. The van der Waals surface area contributed by atoms with E-state index in [1.165, 1.54) is 28.4 Å². The van der Waals surface area contributed by atoms with E-state index in [1.807, 2.05) is 0 Å². The zero-order chi connectivity index (χ0) is 28.1. The van der Waals surface area contributed by atoms with E-state index in [-0.39, 0.29) is 23.5 Å². The molecular weight excluding hydrogens is 520 g/mol. The van der Waals surface area contributed by atoms with E-state index in [0.29, 0.717) is 42.3 Å². The lowest BCUT2D eigenvalue weighted by Gasteiger charge is -2.61. The first kappa shape index (κ1) is 27.3. The Hall–Kier alpha value is -2.53. The highest BCUT2D eigenvalue weighted by Crippen LogP contribution is 2.66. The summed E-state index contributed by atoms with van der Waals surface area (Å²) in [4.78, 5) is 12.4. The molecule has 0 aliphatic heterocycles. The number of ketones is 1. The SMILES string of the molecule is C[C@]12CC[C@H]3[C@@H](CC[C@H]4CC(=O)CC[C@@]43CO)[C@@H]1CC[C@@H]2O[Si](c1ccccc1)(c1ccccc1)c1ccccc1. The Morgan fingerprint density at radius 1 is 0.756 bits per heavy atom. The highest BCUT2D eigenvalue weighted by atomic mass is 28.4. The van der Waals surface area contributed by atoms with Crippen molar-refractivity contribution in [2.45, 2.75) is 70.8 Å². The number of fused-ring (bicyclic) bond motifs is 5. The molecule has 4 aliphatic rings. The number of Topliss-reactive ketones (excluding diaryl/α,β-unsaturated/α-hetero) is 1. The summed E-state index contributed by atoms with van der Waals surface area (Å²) in [5.41, 5.74) is 0.0689. The molecule has 7 atom stereocenters. The highest BCUT2D eigenvalue weighted by Gasteiger charge is 2.62. The molecule has 0 aromatic heterocycles. The van der Waals surface area contributed by atoms with Gasteiger partial charge >= 0.3 is 0 Å². The number of hydrogen-bond acceptors (Lipinski definition) is 3. The fourth-order valence-corrected chi connectivity index (χ4v) is 14.4. The third-order valence-electron chi connectivity index (χ3n) is 12.2. The quantitative estimate of drug-likeness (QED) is 0.312. The second-order valence-corrected chi connectivity index (χ2v) is 17.1. The normalized spacial score (nSPS) is 34.9. The van der Waals surface area contributed by atoms with Crippen molar-refractivity contribution in [3.63, 3.8) is 0 Å². The second-order valence-electron chi connectivity index (χ2n) is 13.8. The van der Waals surface area contributed by atoms with Crippen molar-refractivity contribution < 1.29 is 14.3 Å². The highest BCUT2D eigenvalue weighted by molar-refractivity contribution is 7.07. The first-order chi connectivity index (χ1) is 20.0. The van der Waals surface area contributed by atoms with Crippen LogP contribution in [0.2, 0.25) is 0 Å². The smallest absolute Gasteiger partial charge is 0.288 e. The molecule has 0 heterocycles. The number of carbonyl (C=O) groups is 1. The molecule has 3 aromatic rings. The molecule has 0 bridgehead atoms. The Balaban J connectivity index is 1.27. The van der Waals surface area contributed by atoms with Gasteiger partial charge in [0.1, 0.15) is 5.78 Å². The Morgan fingerprint density at radius 3 is 1.90 bits per heavy atom. The first-order valence-electron chi connectivity index (χ1n) is 16.0. The molecule has 4 saturated carbocycles. The number of carbonyl (C=O) groups excluding carboxylic acids is 1. The Bertz CT molecular complexity index is 1260. The Morgan fingerprint density at radius 2 is 1.34 bits per heavy atom. The standard InChI is InChI=1S/C37H44O3Si/c1-36-23-22-34-32(18-17-27-25-28(39)21-24-37(27,34)26-38)33(36)19-20-35(36)40-41(29-11-5-2-6-12-29,30-13-7-3-8-14-30)31-15-9-4-10-16-31/h2-16,27,32-35,38H,17-26H2,1H3/t27-,32-,33-,34-,35-,36-,37+/m0/s1. The van der Waals surface area contributed by atoms with Gasteiger partial charge in [-0.05, 0) is 89.6 Å². The zero-order valence-electron chi connectivity index (χ0n) is 24.4. The summed E-state index contributed by atoms with van der Waals surface area (Å²) in [6, 6.07) is 33.0. The van der Waals surface area contributed by atoms with Gasteiger partial charge in [-0.25, -0.2) is 0 Å². The molecule has 0 saturated heterocycles. The van der Waals surface area contributed by atoms with E-state index in [1.54, 1.807) is 0 Å². The minimum atomic E-state index is -2.79. The molecule has 4 fully saturated rings. The Kier molecular flexibility index (Phi) is 7.08. The van der Waals surface area contributed by atoms with E-state index in [4.69, 9.17) is 4.43 Å². The molecule has 0 unspecified atom stereocenters. The third-order valence-corrected chi connectivity index (χ3v) is 16.3. The average molecular weight is 565 g/mol. The van der Waals surface area contributed by atoms with Crippen molar-refractivity contribution in [1.82, 2.24) is 0 Å². The lowest BCUT2D eigenvalue weighted by atomic mass is 9.45. The van der Waals surface area contributed by atoms with Crippen LogP contribution in [0.4, 0.5) is 0 Å². The predicted octanol–water partition coefficient (Wildman–Crippen LogP) is 5.62. The van der Waals surface area contributed by atoms with Crippen LogP contribution < -0.4 is 15.6 Å². The van der Waals surface area contributed by atoms with Crippen LogP contribution in [0, 0.1) is 34.5 Å². The van der Waals surface area contributed by atoms with Gasteiger partial charge in [0.2, 0.25) is 0 Å². The van der Waals surface area contributed by atoms with Crippen molar-refractivity contribution in [2.24, 2.45) is 34.5 Å². The maximum Gasteiger partial charge on any atom is 0.288 e. The van der Waals surface area contributed by atoms with E-state index in [9.17, 15) is 9.90 Å². The number of rotatable bonds is 6. The van der Waals surface area contributed by atoms with Gasteiger partial charge in [-0.3, -0.25) is 4.79 Å². The summed E-state index contributed by atoms with van der Waals surface area (Å²) in [5.74, 6) is 2.57. The lowest BCUT2D eigenvalue weighted by Crippen LogP contribution is -2.71. The summed E-state index contributed by atoms with van der Waals surface area (Å²) in [5, 5.41) is 14.8. The Labute approximate surface area is 246 Å². The monoisotopic (exact) mass is 564 g/mol. The van der Waals surface area contributed by atoms with E-state index < -0.39 is 8.32 Å². The van der Waals surface area contributed by atoms with E-state index in [0.717, 1.165) is 32.1 Å². The van der Waals surface area contributed by atoms with Crippen molar-refractivity contribution in [3.8, 4) is 0 Å². The number of hydrogen-bond donors (Lipinski definition) is 1. The van der Waals surface area contributed by atoms with E-state index in [2.05, 4.69) is 97.9 Å². The van der Waals surface area contributed by atoms with Gasteiger partial charge in [-0.15, -0.1) is 0 Å². The van der Waals surface area contributed by atoms with Gasteiger partial charge in [-0.2, -0.15) is 0 Å². The molecule has 0 radical (unpaired) electrons. The average Bonchev–Trinajstić information content (AvgIpc) is 3.36. The minimum absolute atomic E-state index is 0.0479. The fraction of sp³-hybridized carbons (Fsp3) is 0.486. The molecule has 4 aliphatic carbocycles. The number of aliphatic hydroxyl groups excluding tert-OH is 1. The van der Waals surface area contributed by atoms with Crippen LogP contribution in [0.15, 0.2) is 91.0 Å². The van der Waals surface area contributed by atoms with Crippen LogP contribution >= 0.6 is 0 Å². The molecule has 3 aromatic carbocycles. The zero-order valence-corrected chi connectivity index (χ0v) is 25.4. The fourth-order valence-electron chi connectivity index (χ4n) is 10.2. The molecule has 0 spiro atoms. The summed E-state index contributed by atoms with van der Waals surface area (Å²) in [6.45, 7) is 2.79. The maximum absolute atomic E-state index is 12.4. The van der Waals surface area contributed by atoms with Crippen molar-refractivity contribution in [2.75, 3.05) is 6.61 Å². The van der Waals surface area contributed by atoms with Crippen LogP contribution in [0.1, 0.15) is 64.7 Å². The van der Waals surface area contributed by atoms with Crippen LogP contribution in [0.25, 0.3) is 0 Å². The summed E-state index contributed by atoms with van der Waals surface area (Å²) >= 11 is 0. The van der Waals surface area contributed by atoms with Gasteiger partial charge < -0.3 is 9.53 Å². The topological polar surface area (TPSA) is 46.5 Å². The first-order valence-corrected chi connectivity index (χ1v) is 17.9. The third kappa shape index (κ3) is 4.24. The van der Waals surface area contributed by atoms with Gasteiger partial charge in [0.25, 0.3) is 8.32 Å². The summed E-state index contributed by atoms with van der Waals surface area (Å²) < 4.78 is 7.83. The maximum atomic E-state index is 12.4. The second kappa shape index (κ2) is 10.6. The molecule has 7 rings (SSSR count). The molecule has 4 heteroatoms. The van der Waals surface area contributed by atoms with Crippen LogP contribution in [-0.2, 0) is 9.22 Å². The summed E-state index contributed by atoms with van der Waals surface area (Å²) in [6.07, 6.45) is 9.34. The largest absolute Gasteiger partial charge is 0.401 e. The molecule has 214 valence electrons. The molecule has 0 amide bonds. The van der Waals surface area contributed by atoms with Gasteiger partial charge in [0.05, 0.1) is 6.10 Å². The number of benzene rings is 3. The van der Waals surface area contributed by atoms with Crippen LogP contribution in [0.5, 0.6) is 0 Å². The lowest BCUT2D eigenvalue weighted by molar-refractivity contribution is -0.155. The van der Waals surface area contributed by atoms with Gasteiger partial charge in [0.15, 0.2) is 0 Å². The van der Waals surface area contributed by atoms with Crippen molar-refractivity contribution >= 4 is 29.7 Å². The van der Waals surface area contributed by atoms with Crippen LogP contribution in [-0.4, -0.2) is 31.9 Å². The predicted molar refractivity (Wildman–Crippen MR) is 167 cm³/mol.